The second-order valence-electron chi connectivity index (χ2n) is 10.3. The van der Waals surface area contributed by atoms with E-state index in [0.717, 1.165) is 27.7 Å². The zero-order chi connectivity index (χ0) is 23.9. The number of pyridine rings is 1. The molecule has 1 aliphatic rings. The number of fused-ring (bicyclic) bond motifs is 1. The minimum Gasteiger partial charge on any atom is -0.543 e. The molecule has 6 heteroatoms. The Bertz CT molecular complexity index is 1330. The number of carbonyl (C=O) groups is 1. The smallest absolute Gasteiger partial charge is 0.543 e. The van der Waals surface area contributed by atoms with E-state index >= 15 is 0 Å². The summed E-state index contributed by atoms with van der Waals surface area (Å²) in [5, 5.41) is 16.3. The van der Waals surface area contributed by atoms with Crippen molar-refractivity contribution in [3.8, 4) is 16.9 Å². The van der Waals surface area contributed by atoms with Crippen molar-refractivity contribution in [2.75, 3.05) is 5.32 Å². The third-order valence-corrected chi connectivity index (χ3v) is 6.80. The number of benzene rings is 2. The molecular weight excluding hydrogens is 445 g/mol. The molecule has 0 saturated heterocycles. The fraction of sp³-hybridized carbons (Fsp3) is 0.310. The number of carboxylic acids is 1. The molecule has 2 aromatic carbocycles. The molecule has 0 bridgehead atoms. The molecule has 0 radical (unpaired) electrons. The van der Waals surface area contributed by atoms with Gasteiger partial charge in [-0.05, 0) is 65.3 Å². The van der Waals surface area contributed by atoms with Crippen molar-refractivity contribution in [3.63, 3.8) is 0 Å². The number of aromatic carboxylic acids is 1. The van der Waals surface area contributed by atoms with Crippen LogP contribution in [0.4, 0.5) is 5.69 Å². The minimum absolute atomic E-state index is 0. The fourth-order valence-electron chi connectivity index (χ4n) is 4.86. The van der Waals surface area contributed by atoms with Gasteiger partial charge in [0.25, 0.3) is 0 Å². The minimum atomic E-state index is -1.22. The average molecular weight is 476 g/mol. The van der Waals surface area contributed by atoms with Gasteiger partial charge < -0.3 is 15.2 Å². The molecule has 5 nitrogen and oxygen atoms in total. The molecule has 4 aromatic rings. The average Bonchev–Trinajstić information content (AvgIpc) is 3.46. The van der Waals surface area contributed by atoms with Crippen molar-refractivity contribution in [1.29, 1.82) is 0 Å². The predicted molar refractivity (Wildman–Crippen MR) is 135 cm³/mol. The molecule has 0 unspecified atom stereocenters. The Labute approximate surface area is 228 Å². The normalized spacial score (nSPS) is 14.1. The summed E-state index contributed by atoms with van der Waals surface area (Å²) < 4.78 is 1.66. The first-order chi connectivity index (χ1) is 16.3. The van der Waals surface area contributed by atoms with Crippen LogP contribution >= 0.6 is 0 Å². The zero-order valence-electron chi connectivity index (χ0n) is 21.0. The standard InChI is InChI=1S/C29H31N3O2.Na/c1-29(2,3)22-11-8-19(9-12-22)20-10-14-25-21(16-20)17-26(28(33)34)32(25)27-15-13-24(18-30-27)31-23-6-4-5-7-23;/h8-18,23,31H,4-7H2,1-3H3,(H,33,34);/q;+1/p-1. The quantitative estimate of drug-likeness (QED) is 0.451. The topological polar surface area (TPSA) is 70.0 Å². The van der Waals surface area contributed by atoms with E-state index in [2.05, 4.69) is 55.3 Å². The van der Waals surface area contributed by atoms with Gasteiger partial charge in [-0.3, -0.25) is 4.57 Å². The molecule has 1 N–H and O–H groups in total. The van der Waals surface area contributed by atoms with Crippen LogP contribution in [0.3, 0.4) is 0 Å². The van der Waals surface area contributed by atoms with E-state index in [4.69, 9.17) is 0 Å². The van der Waals surface area contributed by atoms with Gasteiger partial charge in [0.1, 0.15) is 5.82 Å². The summed E-state index contributed by atoms with van der Waals surface area (Å²) in [4.78, 5) is 16.6. The molecule has 0 aliphatic heterocycles. The Morgan fingerprint density at radius 3 is 2.26 bits per heavy atom. The molecule has 2 aromatic heterocycles. The van der Waals surface area contributed by atoms with Crippen molar-refractivity contribution >= 4 is 22.6 Å². The van der Waals surface area contributed by atoms with E-state index < -0.39 is 5.97 Å². The van der Waals surface area contributed by atoms with E-state index in [-0.39, 0.29) is 40.7 Å². The van der Waals surface area contributed by atoms with Crippen molar-refractivity contribution in [1.82, 2.24) is 9.55 Å². The maximum atomic E-state index is 12.0. The number of carboxylic acid groups (broad SMARTS) is 1. The molecule has 0 amide bonds. The van der Waals surface area contributed by atoms with Crippen LogP contribution < -0.4 is 40.0 Å². The van der Waals surface area contributed by atoms with Crippen LogP contribution in [0.25, 0.3) is 27.8 Å². The summed E-state index contributed by atoms with van der Waals surface area (Å²) in [6.45, 7) is 6.59. The Hall–Kier alpha value is -2.60. The zero-order valence-corrected chi connectivity index (χ0v) is 23.0. The van der Waals surface area contributed by atoms with Crippen LogP contribution in [0.2, 0.25) is 0 Å². The van der Waals surface area contributed by atoms with E-state index in [0.29, 0.717) is 11.9 Å². The van der Waals surface area contributed by atoms with Crippen molar-refractivity contribution in [3.05, 3.63) is 78.1 Å². The van der Waals surface area contributed by atoms with Crippen LogP contribution in [-0.2, 0) is 5.41 Å². The first-order valence-electron chi connectivity index (χ1n) is 12.0. The first kappa shape index (κ1) is 25.5. The number of hydrogen-bond acceptors (Lipinski definition) is 4. The summed E-state index contributed by atoms with van der Waals surface area (Å²) in [6, 6.07) is 20.6. The molecular formula is C29H30N3NaO2. The fourth-order valence-corrected chi connectivity index (χ4v) is 4.86. The second kappa shape index (κ2) is 10.2. The third-order valence-electron chi connectivity index (χ3n) is 6.80. The van der Waals surface area contributed by atoms with E-state index in [9.17, 15) is 9.90 Å². The summed E-state index contributed by atoms with van der Waals surface area (Å²) >= 11 is 0. The SMILES string of the molecule is CC(C)(C)c1ccc(-c2ccc3c(c2)cc(C(=O)[O-])n3-c2ccc(NC3CCCC3)cn2)cc1.[Na+]. The van der Waals surface area contributed by atoms with Gasteiger partial charge in [0.05, 0.1) is 29.1 Å². The van der Waals surface area contributed by atoms with Gasteiger partial charge >= 0.3 is 29.6 Å². The Kier molecular flexibility index (Phi) is 7.41. The maximum absolute atomic E-state index is 12.0. The summed E-state index contributed by atoms with van der Waals surface area (Å²) in [5.41, 5.74) is 5.36. The number of anilines is 1. The van der Waals surface area contributed by atoms with Crippen LogP contribution in [0.1, 0.15) is 62.5 Å². The number of carbonyl (C=O) groups excluding carboxylic acids is 1. The Balaban J connectivity index is 0.00000289. The van der Waals surface area contributed by atoms with Gasteiger partial charge in [0.2, 0.25) is 0 Å². The number of hydrogen-bond donors (Lipinski definition) is 1. The third kappa shape index (κ3) is 5.32. The Morgan fingerprint density at radius 1 is 0.971 bits per heavy atom. The molecule has 35 heavy (non-hydrogen) atoms. The number of rotatable bonds is 5. The van der Waals surface area contributed by atoms with Crippen LogP contribution in [0.15, 0.2) is 66.9 Å². The van der Waals surface area contributed by atoms with E-state index in [1.165, 1.54) is 31.2 Å². The second-order valence-corrected chi connectivity index (χ2v) is 10.3. The van der Waals surface area contributed by atoms with Gasteiger partial charge in [0, 0.05) is 11.4 Å². The van der Waals surface area contributed by atoms with Crippen LogP contribution in [-0.4, -0.2) is 21.6 Å². The molecule has 0 spiro atoms. The molecule has 1 saturated carbocycles. The number of nitrogens with one attached hydrogen (secondary N) is 1. The predicted octanol–water partition coefficient (Wildman–Crippen LogP) is 2.71. The summed E-state index contributed by atoms with van der Waals surface area (Å²) in [5.74, 6) is -0.657. The molecule has 174 valence electrons. The molecule has 1 fully saturated rings. The first-order valence-corrected chi connectivity index (χ1v) is 12.0. The van der Waals surface area contributed by atoms with Crippen LogP contribution in [0.5, 0.6) is 0 Å². The van der Waals surface area contributed by atoms with E-state index in [1.807, 2.05) is 30.3 Å². The van der Waals surface area contributed by atoms with Crippen LogP contribution in [0, 0.1) is 0 Å². The van der Waals surface area contributed by atoms with Crippen molar-refractivity contribution in [2.24, 2.45) is 0 Å². The molecule has 5 rings (SSSR count). The molecule has 1 aliphatic carbocycles. The Morgan fingerprint density at radius 2 is 1.66 bits per heavy atom. The van der Waals surface area contributed by atoms with Crippen molar-refractivity contribution < 1.29 is 39.5 Å². The van der Waals surface area contributed by atoms with Gasteiger partial charge in [-0.2, -0.15) is 0 Å². The van der Waals surface area contributed by atoms with Gasteiger partial charge in [0.15, 0.2) is 0 Å². The van der Waals surface area contributed by atoms with E-state index in [1.54, 1.807) is 16.8 Å². The summed E-state index contributed by atoms with van der Waals surface area (Å²) in [7, 11) is 0. The van der Waals surface area contributed by atoms with Gasteiger partial charge in [-0.1, -0.05) is 63.9 Å². The largest absolute Gasteiger partial charge is 1.00 e. The summed E-state index contributed by atoms with van der Waals surface area (Å²) in [6.07, 6.45) is 6.66. The van der Waals surface area contributed by atoms with Gasteiger partial charge in [-0.15, -0.1) is 0 Å². The van der Waals surface area contributed by atoms with Crippen molar-refractivity contribution in [2.45, 2.75) is 57.9 Å². The molecule has 2 heterocycles. The maximum Gasteiger partial charge on any atom is 1.00 e. The monoisotopic (exact) mass is 475 g/mol. The van der Waals surface area contributed by atoms with Gasteiger partial charge in [-0.25, -0.2) is 4.98 Å². The number of nitrogens with zero attached hydrogens (tertiary/aromatic N) is 2. The molecule has 0 atom stereocenters. The number of aromatic nitrogens is 2.